The maximum Gasteiger partial charge on any atom is 0.326 e. The second kappa shape index (κ2) is 10.4. The van der Waals surface area contributed by atoms with Crippen molar-refractivity contribution in [3.05, 3.63) is 35.9 Å². The molecule has 0 heterocycles. The van der Waals surface area contributed by atoms with Crippen molar-refractivity contribution < 1.29 is 24.2 Å². The van der Waals surface area contributed by atoms with Gasteiger partial charge in [-0.3, -0.25) is 9.59 Å². The maximum absolute atomic E-state index is 12.0. The number of carboxylic acid groups (broad SMARTS) is 1. The van der Waals surface area contributed by atoms with Crippen molar-refractivity contribution in [3.8, 4) is 0 Å². The van der Waals surface area contributed by atoms with E-state index in [0.29, 0.717) is 13.0 Å². The Labute approximate surface area is 141 Å². The van der Waals surface area contributed by atoms with Crippen LogP contribution in [0, 0.1) is 0 Å². The molecule has 0 aliphatic carbocycles. The zero-order valence-corrected chi connectivity index (χ0v) is 14.0. The molecule has 0 spiro atoms. The lowest BCUT2D eigenvalue weighted by Crippen LogP contribution is -2.47. The van der Waals surface area contributed by atoms with Gasteiger partial charge in [0.25, 0.3) is 0 Å². The molecule has 1 rings (SSSR count). The predicted molar refractivity (Wildman–Crippen MR) is 88.5 cm³/mol. The van der Waals surface area contributed by atoms with Gasteiger partial charge in [-0.15, -0.1) is 0 Å². The molecule has 0 bridgehead atoms. The minimum atomic E-state index is -1.13. The fourth-order valence-electron chi connectivity index (χ4n) is 2.16. The van der Waals surface area contributed by atoms with Crippen LogP contribution in [-0.2, 0) is 25.5 Å². The van der Waals surface area contributed by atoms with Gasteiger partial charge in [-0.1, -0.05) is 30.3 Å². The Kier molecular flexibility index (Phi) is 8.49. The Bertz CT molecular complexity index is 547. The van der Waals surface area contributed by atoms with Gasteiger partial charge in [0, 0.05) is 33.6 Å². The monoisotopic (exact) mass is 336 g/mol. The average molecular weight is 336 g/mol. The quantitative estimate of drug-likeness (QED) is 0.655. The first-order chi connectivity index (χ1) is 11.4. The van der Waals surface area contributed by atoms with Crippen molar-refractivity contribution >= 4 is 17.8 Å². The smallest absolute Gasteiger partial charge is 0.326 e. The molecule has 0 saturated carbocycles. The summed E-state index contributed by atoms with van der Waals surface area (Å²) in [5.74, 6) is -1.86. The summed E-state index contributed by atoms with van der Waals surface area (Å²) in [6.45, 7) is 1.83. The molecule has 7 heteroatoms. The number of nitrogens with one attached hydrogen (secondary N) is 1. The highest BCUT2D eigenvalue weighted by atomic mass is 16.5. The summed E-state index contributed by atoms with van der Waals surface area (Å²) < 4.78 is 4.83. The fourth-order valence-corrected chi connectivity index (χ4v) is 2.16. The first kappa shape index (κ1) is 19.6. The first-order valence-electron chi connectivity index (χ1n) is 7.74. The highest BCUT2D eigenvalue weighted by Gasteiger charge is 2.21. The van der Waals surface area contributed by atoms with Gasteiger partial charge < -0.3 is 20.1 Å². The standard InChI is InChI=1S/C17H24N2O5/c1-13(20)19(10-8-14-6-4-3-5-7-14)12-16(21)18-15(17(22)23)9-11-24-2/h3-7,15H,8-12H2,1-2H3,(H,18,21)(H,22,23). The number of carboxylic acids is 1. The number of ether oxygens (including phenoxy) is 1. The Balaban J connectivity index is 2.55. The van der Waals surface area contributed by atoms with Crippen LogP contribution < -0.4 is 5.32 Å². The molecule has 0 aliphatic rings. The molecule has 2 N–H and O–H groups in total. The Morgan fingerprint density at radius 3 is 2.46 bits per heavy atom. The number of nitrogens with zero attached hydrogens (tertiary/aromatic N) is 1. The number of hydrogen-bond acceptors (Lipinski definition) is 4. The van der Waals surface area contributed by atoms with E-state index in [2.05, 4.69) is 5.32 Å². The van der Waals surface area contributed by atoms with Crippen molar-refractivity contribution in [1.82, 2.24) is 10.2 Å². The summed E-state index contributed by atoms with van der Waals surface area (Å²) in [4.78, 5) is 36.3. The van der Waals surface area contributed by atoms with Crippen LogP contribution in [0.15, 0.2) is 30.3 Å². The normalized spacial score (nSPS) is 11.6. The second-order valence-electron chi connectivity index (χ2n) is 5.42. The van der Waals surface area contributed by atoms with Crippen LogP contribution in [0.5, 0.6) is 0 Å². The molecule has 0 aliphatic heterocycles. The lowest BCUT2D eigenvalue weighted by molar-refractivity contribution is -0.143. The van der Waals surface area contributed by atoms with Crippen LogP contribution in [0.1, 0.15) is 18.9 Å². The van der Waals surface area contributed by atoms with Crippen LogP contribution in [0.3, 0.4) is 0 Å². The van der Waals surface area contributed by atoms with Gasteiger partial charge in [-0.2, -0.15) is 0 Å². The van der Waals surface area contributed by atoms with Gasteiger partial charge in [-0.25, -0.2) is 4.79 Å². The number of carbonyl (C=O) groups is 3. The molecule has 2 amide bonds. The average Bonchev–Trinajstić information content (AvgIpc) is 2.55. The molecule has 132 valence electrons. The van der Waals surface area contributed by atoms with Crippen molar-refractivity contribution in [2.24, 2.45) is 0 Å². The van der Waals surface area contributed by atoms with Crippen molar-refractivity contribution in [3.63, 3.8) is 0 Å². The zero-order valence-electron chi connectivity index (χ0n) is 14.0. The minimum absolute atomic E-state index is 0.168. The van der Waals surface area contributed by atoms with E-state index in [0.717, 1.165) is 5.56 Å². The highest BCUT2D eigenvalue weighted by Crippen LogP contribution is 2.02. The lowest BCUT2D eigenvalue weighted by atomic mass is 10.1. The summed E-state index contributed by atoms with van der Waals surface area (Å²) >= 11 is 0. The number of hydrogen-bond donors (Lipinski definition) is 2. The molecule has 0 fully saturated rings. The third-order valence-electron chi connectivity index (χ3n) is 3.54. The van der Waals surface area contributed by atoms with Crippen LogP contribution in [0.25, 0.3) is 0 Å². The van der Waals surface area contributed by atoms with Crippen LogP contribution >= 0.6 is 0 Å². The summed E-state index contributed by atoms with van der Waals surface area (Å²) in [7, 11) is 1.46. The molecular formula is C17H24N2O5. The van der Waals surface area contributed by atoms with Gasteiger partial charge in [-0.05, 0) is 12.0 Å². The van der Waals surface area contributed by atoms with E-state index in [1.165, 1.54) is 18.9 Å². The van der Waals surface area contributed by atoms with Crippen molar-refractivity contribution in [2.45, 2.75) is 25.8 Å². The number of methoxy groups -OCH3 is 1. The van der Waals surface area contributed by atoms with Gasteiger partial charge in [0.1, 0.15) is 6.04 Å². The largest absolute Gasteiger partial charge is 0.480 e. The summed E-state index contributed by atoms with van der Waals surface area (Å²) in [5.41, 5.74) is 1.06. The minimum Gasteiger partial charge on any atom is -0.480 e. The Morgan fingerprint density at radius 2 is 1.92 bits per heavy atom. The molecule has 1 unspecified atom stereocenters. The molecule has 0 radical (unpaired) electrons. The van der Waals surface area contributed by atoms with E-state index in [1.54, 1.807) is 0 Å². The van der Waals surface area contributed by atoms with Crippen molar-refractivity contribution in [1.29, 1.82) is 0 Å². The van der Waals surface area contributed by atoms with E-state index >= 15 is 0 Å². The van der Waals surface area contributed by atoms with Crippen LogP contribution in [-0.4, -0.2) is 60.6 Å². The first-order valence-corrected chi connectivity index (χ1v) is 7.74. The molecule has 24 heavy (non-hydrogen) atoms. The Hall–Kier alpha value is -2.41. The van der Waals surface area contributed by atoms with E-state index in [1.807, 2.05) is 30.3 Å². The SMILES string of the molecule is COCCC(NC(=O)CN(CCc1ccccc1)C(C)=O)C(=O)O. The summed E-state index contributed by atoms with van der Waals surface area (Å²) in [6, 6.07) is 8.60. The van der Waals surface area contributed by atoms with Crippen molar-refractivity contribution in [2.75, 3.05) is 26.8 Å². The number of amides is 2. The summed E-state index contributed by atoms with van der Waals surface area (Å²) in [5, 5.41) is 11.5. The highest BCUT2D eigenvalue weighted by molar-refractivity contribution is 5.87. The summed E-state index contributed by atoms with van der Waals surface area (Å²) in [6.07, 6.45) is 0.793. The van der Waals surface area contributed by atoms with E-state index < -0.39 is 17.9 Å². The molecule has 0 saturated heterocycles. The number of aliphatic carboxylic acids is 1. The van der Waals surface area contributed by atoms with Gasteiger partial charge in [0.15, 0.2) is 0 Å². The fraction of sp³-hybridized carbons (Fsp3) is 0.471. The lowest BCUT2D eigenvalue weighted by Gasteiger charge is -2.22. The van der Waals surface area contributed by atoms with E-state index in [4.69, 9.17) is 9.84 Å². The maximum atomic E-state index is 12.0. The molecule has 7 nitrogen and oxygen atoms in total. The van der Waals surface area contributed by atoms with E-state index in [-0.39, 0.29) is 25.5 Å². The molecule has 1 atom stereocenters. The Morgan fingerprint density at radius 1 is 1.25 bits per heavy atom. The van der Waals surface area contributed by atoms with Gasteiger partial charge in [0.05, 0.1) is 6.54 Å². The third-order valence-corrected chi connectivity index (χ3v) is 3.54. The molecule has 1 aromatic rings. The van der Waals surface area contributed by atoms with E-state index in [9.17, 15) is 14.4 Å². The van der Waals surface area contributed by atoms with Gasteiger partial charge in [0.2, 0.25) is 11.8 Å². The van der Waals surface area contributed by atoms with Crippen LogP contribution in [0.2, 0.25) is 0 Å². The number of rotatable bonds is 10. The molecular weight excluding hydrogens is 312 g/mol. The molecule has 0 aromatic heterocycles. The topological polar surface area (TPSA) is 95.9 Å². The molecule has 1 aromatic carbocycles. The number of carbonyl (C=O) groups excluding carboxylic acids is 2. The van der Waals surface area contributed by atoms with Crippen LogP contribution in [0.4, 0.5) is 0 Å². The predicted octanol–water partition coefficient (Wildman–Crippen LogP) is 0.683. The third kappa shape index (κ3) is 7.23. The second-order valence-corrected chi connectivity index (χ2v) is 5.42. The zero-order chi connectivity index (χ0) is 17.9. The number of benzene rings is 1. The van der Waals surface area contributed by atoms with Gasteiger partial charge >= 0.3 is 5.97 Å².